The van der Waals surface area contributed by atoms with Crippen LogP contribution < -0.4 is 10.6 Å². The molecule has 1 aliphatic rings. The largest absolute Gasteiger partial charge is 0.477 e. The van der Waals surface area contributed by atoms with Gasteiger partial charge in [0.05, 0.1) is 0 Å². The Morgan fingerprint density at radius 3 is 2.23 bits per heavy atom. The predicted octanol–water partition coefficient (Wildman–Crippen LogP) is 4.01. The number of carboxylic acids is 1. The summed E-state index contributed by atoms with van der Waals surface area (Å²) in [5.41, 5.74) is 3.73. The molecule has 3 aromatic rings. The van der Waals surface area contributed by atoms with Crippen molar-refractivity contribution < 1.29 is 24.2 Å². The molecule has 0 radical (unpaired) electrons. The van der Waals surface area contributed by atoms with Gasteiger partial charge in [0.2, 0.25) is 5.91 Å². The molecule has 3 N–H and O–H groups in total. The first-order valence-corrected chi connectivity index (χ1v) is 11.3. The van der Waals surface area contributed by atoms with Crippen LogP contribution in [0.2, 0.25) is 0 Å². The van der Waals surface area contributed by atoms with Crippen LogP contribution in [0.15, 0.2) is 54.6 Å². The smallest absolute Gasteiger partial charge is 0.407 e. The molecule has 0 aliphatic heterocycles. The normalized spacial score (nSPS) is 12.5. The summed E-state index contributed by atoms with van der Waals surface area (Å²) in [4.78, 5) is 36.2. The van der Waals surface area contributed by atoms with Gasteiger partial charge in [-0.05, 0) is 28.7 Å². The Hall–Kier alpha value is -4.14. The molecule has 0 fully saturated rings. The summed E-state index contributed by atoms with van der Waals surface area (Å²) in [7, 11) is 1.49. The Morgan fingerprint density at radius 1 is 1.06 bits per heavy atom. The van der Waals surface area contributed by atoms with Gasteiger partial charge in [-0.1, -0.05) is 62.4 Å². The lowest BCUT2D eigenvalue weighted by atomic mass is 9.88. The SMILES string of the molecule is Cn1nc(NC(=O)C(C)(C)CCNC(=O)OCC2c3ccccc3-c3ccccc32)cc1C(=O)O. The highest BCUT2D eigenvalue weighted by atomic mass is 16.5. The molecule has 1 aliphatic carbocycles. The molecule has 0 bridgehead atoms. The zero-order chi connectivity index (χ0) is 25.2. The second kappa shape index (κ2) is 9.61. The third kappa shape index (κ3) is 5.03. The van der Waals surface area contributed by atoms with Crippen LogP contribution in [0.4, 0.5) is 10.6 Å². The zero-order valence-electron chi connectivity index (χ0n) is 19.9. The van der Waals surface area contributed by atoms with Crippen molar-refractivity contribution in [2.75, 3.05) is 18.5 Å². The molecule has 4 rings (SSSR count). The maximum Gasteiger partial charge on any atom is 0.407 e. The third-order valence-electron chi connectivity index (χ3n) is 6.32. The molecule has 0 saturated carbocycles. The number of anilines is 1. The van der Waals surface area contributed by atoms with Gasteiger partial charge in [0.1, 0.15) is 12.3 Å². The number of rotatable bonds is 8. The van der Waals surface area contributed by atoms with E-state index in [1.807, 2.05) is 24.3 Å². The highest BCUT2D eigenvalue weighted by molar-refractivity contribution is 5.95. The number of benzene rings is 2. The first-order chi connectivity index (χ1) is 16.7. The van der Waals surface area contributed by atoms with Gasteiger partial charge in [0.25, 0.3) is 0 Å². The molecule has 0 spiro atoms. The highest BCUT2D eigenvalue weighted by Gasteiger charge is 2.30. The molecule has 0 atom stereocenters. The van der Waals surface area contributed by atoms with E-state index in [0.717, 1.165) is 22.3 Å². The van der Waals surface area contributed by atoms with Crippen molar-refractivity contribution in [3.05, 3.63) is 71.4 Å². The van der Waals surface area contributed by atoms with E-state index in [0.29, 0.717) is 6.42 Å². The van der Waals surface area contributed by atoms with E-state index in [2.05, 4.69) is 40.0 Å². The Bertz CT molecular complexity index is 1230. The van der Waals surface area contributed by atoms with E-state index < -0.39 is 17.5 Å². The quantitative estimate of drug-likeness (QED) is 0.451. The van der Waals surface area contributed by atoms with Gasteiger partial charge in [0.15, 0.2) is 5.82 Å². The number of nitrogens with one attached hydrogen (secondary N) is 2. The molecule has 9 nitrogen and oxygen atoms in total. The number of amides is 2. The summed E-state index contributed by atoms with van der Waals surface area (Å²) in [5.74, 6) is -1.33. The van der Waals surface area contributed by atoms with Crippen molar-refractivity contribution >= 4 is 23.8 Å². The number of aryl methyl sites for hydroxylation is 1. The number of nitrogens with zero attached hydrogens (tertiary/aromatic N) is 2. The minimum atomic E-state index is -1.13. The van der Waals surface area contributed by atoms with Crippen LogP contribution >= 0.6 is 0 Å². The van der Waals surface area contributed by atoms with Crippen molar-refractivity contribution in [3.8, 4) is 11.1 Å². The van der Waals surface area contributed by atoms with Crippen molar-refractivity contribution in [2.24, 2.45) is 12.5 Å². The van der Waals surface area contributed by atoms with E-state index in [1.54, 1.807) is 13.8 Å². The standard InChI is InChI=1S/C26H28N4O5/c1-26(2,24(33)28-22-14-21(23(31)32)30(3)29-22)12-13-27-25(34)35-15-20-18-10-6-4-8-16(18)17-9-5-7-11-19(17)20/h4-11,14,20H,12-13,15H2,1-3H3,(H,27,34)(H,31,32)(H,28,29,33). The monoisotopic (exact) mass is 476 g/mol. The number of carboxylic acid groups (broad SMARTS) is 1. The summed E-state index contributed by atoms with van der Waals surface area (Å²) in [6, 6.07) is 17.5. The fourth-order valence-corrected chi connectivity index (χ4v) is 4.25. The first kappa shape index (κ1) is 24.0. The van der Waals surface area contributed by atoms with Crippen LogP contribution in [-0.4, -0.2) is 46.0 Å². The summed E-state index contributed by atoms with van der Waals surface area (Å²) < 4.78 is 6.71. The van der Waals surface area contributed by atoms with Gasteiger partial charge in [-0.15, -0.1) is 0 Å². The van der Waals surface area contributed by atoms with E-state index >= 15 is 0 Å². The molecule has 1 heterocycles. The number of aromatic nitrogens is 2. The summed E-state index contributed by atoms with van der Waals surface area (Å²) >= 11 is 0. The number of alkyl carbamates (subject to hydrolysis) is 1. The molecular weight excluding hydrogens is 448 g/mol. The van der Waals surface area contributed by atoms with E-state index in [1.165, 1.54) is 17.8 Å². The molecule has 35 heavy (non-hydrogen) atoms. The van der Waals surface area contributed by atoms with Crippen LogP contribution in [0.1, 0.15) is 47.8 Å². The third-order valence-corrected chi connectivity index (χ3v) is 6.32. The Balaban J connectivity index is 1.28. The number of carbonyl (C=O) groups is 3. The Morgan fingerprint density at radius 2 is 1.66 bits per heavy atom. The summed E-state index contributed by atoms with van der Waals surface area (Å²) in [6.07, 6.45) is -0.194. The van der Waals surface area contributed by atoms with Gasteiger partial charge in [0, 0.05) is 31.0 Å². The van der Waals surface area contributed by atoms with E-state index in [4.69, 9.17) is 9.84 Å². The maximum absolute atomic E-state index is 12.7. The number of fused-ring (bicyclic) bond motifs is 3. The molecule has 2 amide bonds. The fraction of sp³-hybridized carbons (Fsp3) is 0.308. The maximum atomic E-state index is 12.7. The fourth-order valence-electron chi connectivity index (χ4n) is 4.25. The number of hydrogen-bond donors (Lipinski definition) is 3. The zero-order valence-corrected chi connectivity index (χ0v) is 19.9. The van der Waals surface area contributed by atoms with Crippen LogP contribution in [-0.2, 0) is 16.6 Å². The average Bonchev–Trinajstić information content (AvgIpc) is 3.35. The van der Waals surface area contributed by atoms with Crippen molar-refractivity contribution in [1.82, 2.24) is 15.1 Å². The molecule has 0 saturated heterocycles. The first-order valence-electron chi connectivity index (χ1n) is 11.3. The average molecular weight is 477 g/mol. The molecule has 9 heteroatoms. The van der Waals surface area contributed by atoms with Gasteiger partial charge in [-0.3, -0.25) is 9.48 Å². The van der Waals surface area contributed by atoms with E-state index in [-0.39, 0.29) is 36.5 Å². The van der Waals surface area contributed by atoms with E-state index in [9.17, 15) is 14.4 Å². The number of hydrogen-bond acceptors (Lipinski definition) is 5. The van der Waals surface area contributed by atoms with Gasteiger partial charge in [-0.2, -0.15) is 5.10 Å². The number of aromatic carboxylic acids is 1. The minimum Gasteiger partial charge on any atom is -0.477 e. The van der Waals surface area contributed by atoms with Gasteiger partial charge >= 0.3 is 12.1 Å². The van der Waals surface area contributed by atoms with Gasteiger partial charge < -0.3 is 20.5 Å². The Labute approximate surface area is 203 Å². The minimum absolute atomic E-state index is 0.0237. The molecule has 1 aromatic heterocycles. The lowest BCUT2D eigenvalue weighted by molar-refractivity contribution is -0.124. The van der Waals surface area contributed by atoms with Crippen LogP contribution in [0.5, 0.6) is 0 Å². The predicted molar refractivity (Wildman–Crippen MR) is 130 cm³/mol. The lowest BCUT2D eigenvalue weighted by Crippen LogP contribution is -2.36. The molecular formula is C26H28N4O5. The summed E-state index contributed by atoms with van der Waals surface area (Å²) in [5, 5.41) is 18.5. The van der Waals surface area contributed by atoms with Gasteiger partial charge in [-0.25, -0.2) is 9.59 Å². The molecule has 2 aromatic carbocycles. The molecule has 0 unspecified atom stereocenters. The van der Waals surface area contributed by atoms with Crippen LogP contribution in [0.3, 0.4) is 0 Å². The highest BCUT2D eigenvalue weighted by Crippen LogP contribution is 2.44. The van der Waals surface area contributed by atoms with Crippen molar-refractivity contribution in [1.29, 1.82) is 0 Å². The van der Waals surface area contributed by atoms with Crippen LogP contribution in [0, 0.1) is 5.41 Å². The number of ether oxygens (including phenoxy) is 1. The topological polar surface area (TPSA) is 123 Å². The second-order valence-corrected chi connectivity index (χ2v) is 9.18. The molecule has 182 valence electrons. The summed E-state index contributed by atoms with van der Waals surface area (Å²) in [6.45, 7) is 3.93. The van der Waals surface area contributed by atoms with Crippen molar-refractivity contribution in [3.63, 3.8) is 0 Å². The Kier molecular flexibility index (Phi) is 6.59. The lowest BCUT2D eigenvalue weighted by Gasteiger charge is -2.23. The van der Waals surface area contributed by atoms with Crippen molar-refractivity contribution in [2.45, 2.75) is 26.2 Å². The van der Waals surface area contributed by atoms with Crippen LogP contribution in [0.25, 0.3) is 11.1 Å². The second-order valence-electron chi connectivity index (χ2n) is 9.18. The number of carbonyl (C=O) groups excluding carboxylic acids is 2.